The Labute approximate surface area is 337 Å². The minimum atomic E-state index is -1.25. The molecule has 2 aromatic rings. The van der Waals surface area contributed by atoms with Gasteiger partial charge in [0.25, 0.3) is 0 Å². The van der Waals surface area contributed by atoms with Crippen LogP contribution in [0.3, 0.4) is 0 Å². The van der Waals surface area contributed by atoms with Crippen molar-refractivity contribution in [3.63, 3.8) is 0 Å². The van der Waals surface area contributed by atoms with Crippen LogP contribution in [0.25, 0.3) is 5.57 Å². The Hall–Kier alpha value is -5.08. The number of nitrogens with two attached hydrogens (primary N) is 2. The van der Waals surface area contributed by atoms with Crippen LogP contribution >= 0.6 is 0 Å². The van der Waals surface area contributed by atoms with Crippen molar-refractivity contribution in [1.29, 1.82) is 0 Å². The molecule has 0 radical (unpaired) electrons. The number of piperazine rings is 1. The van der Waals surface area contributed by atoms with Gasteiger partial charge in [-0.1, -0.05) is 94.9 Å². The van der Waals surface area contributed by atoms with Crippen LogP contribution in [0, 0.1) is 11.8 Å². The number of benzene rings is 2. The first-order valence-corrected chi connectivity index (χ1v) is 20.2. The van der Waals surface area contributed by atoms with Crippen LogP contribution in [0.4, 0.5) is 0 Å². The van der Waals surface area contributed by atoms with Gasteiger partial charge >= 0.3 is 0 Å². The molecule has 3 rings (SSSR count). The molecule has 1 aliphatic rings. The summed E-state index contributed by atoms with van der Waals surface area (Å²) in [6, 6.07) is 13.0. The van der Waals surface area contributed by atoms with E-state index in [0.717, 1.165) is 5.56 Å². The minimum Gasteiger partial charge on any atom is -0.354 e. The summed E-state index contributed by atoms with van der Waals surface area (Å²) in [5.74, 6) is -2.29. The predicted molar refractivity (Wildman–Crippen MR) is 222 cm³/mol. The Kier molecular flexibility index (Phi) is 19.4. The molecule has 6 atom stereocenters. The van der Waals surface area contributed by atoms with E-state index < -0.39 is 54.0 Å². The summed E-state index contributed by atoms with van der Waals surface area (Å²) in [5, 5.41) is 17.0. The van der Waals surface area contributed by atoms with Crippen molar-refractivity contribution in [2.75, 3.05) is 13.1 Å². The van der Waals surface area contributed by atoms with Crippen LogP contribution in [0.15, 0.2) is 67.2 Å². The van der Waals surface area contributed by atoms with Crippen LogP contribution in [-0.4, -0.2) is 84.8 Å². The second kappa shape index (κ2) is 23.9. The number of unbranched alkanes of at least 4 members (excludes halogenated alkanes) is 2. The summed E-state index contributed by atoms with van der Waals surface area (Å²) in [6.07, 6.45) is 4.17. The molecule has 0 spiro atoms. The molecule has 6 amide bonds. The molecule has 57 heavy (non-hydrogen) atoms. The molecule has 2 aromatic carbocycles. The lowest BCUT2D eigenvalue weighted by molar-refractivity contribution is -0.137. The molecule has 0 aromatic heterocycles. The second-order valence-electron chi connectivity index (χ2n) is 15.7. The predicted octanol–water partition coefficient (Wildman–Crippen LogP) is 2.22. The van der Waals surface area contributed by atoms with Gasteiger partial charge < -0.3 is 43.4 Å². The lowest BCUT2D eigenvalue weighted by Crippen LogP contribution is -2.61. The smallest absolute Gasteiger partial charge is 0.247 e. The van der Waals surface area contributed by atoms with Gasteiger partial charge in [-0.15, -0.1) is 0 Å². The van der Waals surface area contributed by atoms with Gasteiger partial charge in [0.2, 0.25) is 35.4 Å². The number of carbonyl (C=O) groups is 6. The van der Waals surface area contributed by atoms with Gasteiger partial charge in [-0.3, -0.25) is 28.8 Å². The maximum absolute atomic E-state index is 14.1. The fraction of sp³-hybridized carbons (Fsp3) is 0.535. The summed E-state index contributed by atoms with van der Waals surface area (Å²) in [7, 11) is 0. The van der Waals surface area contributed by atoms with Crippen LogP contribution < -0.4 is 43.4 Å². The fourth-order valence-electron chi connectivity index (χ4n) is 6.66. The van der Waals surface area contributed by atoms with E-state index in [4.69, 9.17) is 11.5 Å². The topological polar surface area (TPSA) is 227 Å². The van der Waals surface area contributed by atoms with E-state index in [1.807, 2.05) is 64.1 Å². The van der Waals surface area contributed by atoms with E-state index in [0.29, 0.717) is 69.2 Å². The van der Waals surface area contributed by atoms with Crippen LogP contribution in [0.2, 0.25) is 0 Å². The van der Waals surface area contributed by atoms with Crippen molar-refractivity contribution in [2.45, 2.75) is 122 Å². The molecule has 0 unspecified atom stereocenters. The Morgan fingerprint density at radius 3 is 1.96 bits per heavy atom. The summed E-state index contributed by atoms with van der Waals surface area (Å²) in [5.41, 5.74) is 13.8. The zero-order valence-corrected chi connectivity index (χ0v) is 34.0. The van der Waals surface area contributed by atoms with Crippen molar-refractivity contribution < 1.29 is 28.8 Å². The first-order chi connectivity index (χ1) is 27.2. The summed E-state index contributed by atoms with van der Waals surface area (Å²) in [4.78, 5) is 79.9. The van der Waals surface area contributed by atoms with E-state index in [1.165, 1.54) is 0 Å². The van der Waals surface area contributed by atoms with Gasteiger partial charge in [0.05, 0.1) is 6.04 Å². The minimum absolute atomic E-state index is 0.0210. The number of amides is 6. The second-order valence-corrected chi connectivity index (χ2v) is 15.7. The van der Waals surface area contributed by atoms with Crippen molar-refractivity contribution in [3.8, 4) is 0 Å². The first-order valence-electron chi connectivity index (χ1n) is 20.2. The molecular weight excluding hydrogens is 725 g/mol. The Morgan fingerprint density at radius 1 is 0.719 bits per heavy atom. The van der Waals surface area contributed by atoms with Gasteiger partial charge in [0.1, 0.15) is 30.2 Å². The van der Waals surface area contributed by atoms with Gasteiger partial charge in [-0.2, -0.15) is 0 Å². The molecule has 14 nitrogen and oxygen atoms in total. The largest absolute Gasteiger partial charge is 0.354 e. The lowest BCUT2D eigenvalue weighted by atomic mass is 9.97. The van der Waals surface area contributed by atoms with E-state index in [9.17, 15) is 28.8 Å². The van der Waals surface area contributed by atoms with Gasteiger partial charge in [0.15, 0.2) is 0 Å². The Balaban J connectivity index is 1.66. The molecule has 1 aliphatic heterocycles. The fourth-order valence-corrected chi connectivity index (χ4v) is 6.66. The molecular formula is C43H64N8O6. The standard InChI is InChI=1S/C43H64N8O6/c1-27(2)24-35-41(55)48-34(40(54)49-35)21-13-15-23-46-39(53)33(20-12-14-22-44)47-42(56)36(25-28(3)4)50-43(57)37(29(5)31-18-10-7-11-19-31)51-38(52)32(45)26-30-16-8-6-9-17-30/h6-11,16-19,27-28,32-37H,5,12-15,20-26,44-45H2,1-4H3,(H,46,53)(H,47,56)(H,48,55)(H,49,54)(H,50,57)(H,51,52)/t32-,33-,34-,35+,36-,37-/m1/s1. The Bertz CT molecular complexity index is 1640. The normalized spacial score (nSPS) is 17.4. The van der Waals surface area contributed by atoms with Crippen molar-refractivity contribution in [1.82, 2.24) is 31.9 Å². The zero-order chi connectivity index (χ0) is 41.9. The molecule has 1 saturated heterocycles. The van der Waals surface area contributed by atoms with Crippen molar-refractivity contribution >= 4 is 41.0 Å². The van der Waals surface area contributed by atoms with Gasteiger partial charge in [0, 0.05) is 6.54 Å². The number of nitrogens with one attached hydrogen (secondary N) is 6. The SMILES string of the molecule is C=C(c1ccccc1)[C@@H](NC(=O)[C@H](N)Cc1ccccc1)C(=O)N[C@H](CC(C)C)C(=O)N[C@H](CCCCN)C(=O)NCCCC[C@H]1NC(=O)[C@H](CC(C)C)NC1=O. The van der Waals surface area contributed by atoms with E-state index in [1.54, 1.807) is 24.3 Å². The van der Waals surface area contributed by atoms with Crippen molar-refractivity contribution in [3.05, 3.63) is 78.4 Å². The molecule has 0 bridgehead atoms. The van der Waals surface area contributed by atoms with E-state index >= 15 is 0 Å². The summed E-state index contributed by atoms with van der Waals surface area (Å²) < 4.78 is 0. The maximum Gasteiger partial charge on any atom is 0.247 e. The highest BCUT2D eigenvalue weighted by molar-refractivity contribution is 6.01. The highest BCUT2D eigenvalue weighted by Gasteiger charge is 2.34. The molecule has 10 N–H and O–H groups in total. The molecule has 1 heterocycles. The monoisotopic (exact) mass is 788 g/mol. The maximum atomic E-state index is 14.1. The lowest BCUT2D eigenvalue weighted by Gasteiger charge is -2.30. The summed E-state index contributed by atoms with van der Waals surface area (Å²) >= 11 is 0. The third kappa shape index (κ3) is 15.8. The number of carbonyl (C=O) groups excluding carboxylic acids is 6. The van der Waals surface area contributed by atoms with Crippen LogP contribution in [0.5, 0.6) is 0 Å². The number of hydrogen-bond acceptors (Lipinski definition) is 8. The highest BCUT2D eigenvalue weighted by atomic mass is 16.2. The average Bonchev–Trinajstić information content (AvgIpc) is 3.17. The van der Waals surface area contributed by atoms with Gasteiger partial charge in [-0.05, 0) is 92.9 Å². The summed E-state index contributed by atoms with van der Waals surface area (Å²) in [6.45, 7) is 12.7. The average molecular weight is 789 g/mol. The highest BCUT2D eigenvalue weighted by Crippen LogP contribution is 2.18. The first kappa shape index (κ1) is 46.3. The van der Waals surface area contributed by atoms with Crippen molar-refractivity contribution in [2.24, 2.45) is 23.3 Å². The van der Waals surface area contributed by atoms with E-state index in [-0.39, 0.29) is 42.4 Å². The van der Waals surface area contributed by atoms with Crippen LogP contribution in [0.1, 0.15) is 90.2 Å². The van der Waals surface area contributed by atoms with Gasteiger partial charge in [-0.25, -0.2) is 0 Å². The zero-order valence-electron chi connectivity index (χ0n) is 34.0. The Morgan fingerprint density at radius 2 is 1.33 bits per heavy atom. The quantitative estimate of drug-likeness (QED) is 0.0735. The molecule has 0 aliphatic carbocycles. The van der Waals surface area contributed by atoms with Crippen LogP contribution in [-0.2, 0) is 35.2 Å². The third-order valence-electron chi connectivity index (χ3n) is 9.79. The van der Waals surface area contributed by atoms with E-state index in [2.05, 4.69) is 38.5 Å². The molecule has 0 saturated carbocycles. The molecule has 312 valence electrons. The molecule has 1 fully saturated rings. The third-order valence-corrected chi connectivity index (χ3v) is 9.79. The molecule has 14 heteroatoms. The number of rotatable bonds is 24. The number of hydrogen-bond donors (Lipinski definition) is 8.